The Labute approximate surface area is 137 Å². The molecule has 0 bridgehead atoms. The second-order valence-electron chi connectivity index (χ2n) is 6.14. The number of amides is 4. The highest BCUT2D eigenvalue weighted by Gasteiger charge is 2.49. The van der Waals surface area contributed by atoms with E-state index in [1.54, 1.807) is 0 Å². The van der Waals surface area contributed by atoms with E-state index in [2.05, 4.69) is 10.6 Å². The Morgan fingerprint density at radius 1 is 1.29 bits per heavy atom. The number of aryl methyl sites for hydroxylation is 1. The molecule has 1 atom stereocenters. The third kappa shape index (κ3) is 3.08. The zero-order valence-electron chi connectivity index (χ0n) is 12.9. The van der Waals surface area contributed by atoms with Crippen LogP contribution >= 0.6 is 0 Å². The summed E-state index contributed by atoms with van der Waals surface area (Å²) in [5.41, 5.74) is -0.796. The second kappa shape index (κ2) is 6.18. The van der Waals surface area contributed by atoms with E-state index in [4.69, 9.17) is 0 Å². The molecule has 8 heteroatoms. The van der Waals surface area contributed by atoms with Gasteiger partial charge in [-0.05, 0) is 30.9 Å². The Hall–Kier alpha value is -2.51. The van der Waals surface area contributed by atoms with Crippen LogP contribution in [0.5, 0.6) is 0 Å². The van der Waals surface area contributed by atoms with Crippen LogP contribution in [-0.2, 0) is 16.0 Å². The van der Waals surface area contributed by atoms with Gasteiger partial charge in [0.2, 0.25) is 5.91 Å². The minimum absolute atomic E-state index is 0.0498. The van der Waals surface area contributed by atoms with Crippen LogP contribution in [-0.4, -0.2) is 41.4 Å². The van der Waals surface area contributed by atoms with Crippen molar-refractivity contribution in [1.29, 1.82) is 0 Å². The number of likely N-dealkylation sites (tertiary alicyclic amines) is 1. The van der Waals surface area contributed by atoms with Gasteiger partial charge in [-0.2, -0.15) is 0 Å². The zero-order valence-corrected chi connectivity index (χ0v) is 12.9. The fourth-order valence-electron chi connectivity index (χ4n) is 3.21. The summed E-state index contributed by atoms with van der Waals surface area (Å²) in [6.07, 6.45) is 1.26. The molecule has 4 amide bonds. The second-order valence-corrected chi connectivity index (χ2v) is 6.14. The lowest BCUT2D eigenvalue weighted by molar-refractivity contribution is -0.136. The minimum atomic E-state index is -1.06. The van der Waals surface area contributed by atoms with Crippen molar-refractivity contribution in [3.63, 3.8) is 0 Å². The van der Waals surface area contributed by atoms with Crippen molar-refractivity contribution < 1.29 is 23.2 Å². The van der Waals surface area contributed by atoms with Crippen LogP contribution in [0.3, 0.4) is 0 Å². The molecule has 1 spiro atoms. The van der Waals surface area contributed by atoms with Crippen LogP contribution in [0, 0.1) is 11.6 Å². The molecule has 24 heavy (non-hydrogen) atoms. The fraction of sp³-hybridized carbons (Fsp3) is 0.438. The monoisotopic (exact) mass is 337 g/mol. The van der Waals surface area contributed by atoms with Gasteiger partial charge in [-0.1, -0.05) is 6.07 Å². The van der Waals surface area contributed by atoms with Crippen LogP contribution in [0.1, 0.15) is 24.8 Å². The summed E-state index contributed by atoms with van der Waals surface area (Å²) in [5, 5.41) is 4.79. The molecule has 2 heterocycles. The number of urea groups is 1. The molecule has 2 saturated heterocycles. The zero-order chi connectivity index (χ0) is 17.3. The van der Waals surface area contributed by atoms with Crippen molar-refractivity contribution in [3.8, 4) is 0 Å². The molecule has 0 aliphatic carbocycles. The summed E-state index contributed by atoms with van der Waals surface area (Å²) in [7, 11) is 0. The summed E-state index contributed by atoms with van der Waals surface area (Å²) in [6, 6.07) is 2.70. The van der Waals surface area contributed by atoms with Gasteiger partial charge in [0, 0.05) is 19.0 Å². The van der Waals surface area contributed by atoms with E-state index < -0.39 is 29.1 Å². The number of halogens is 2. The van der Waals surface area contributed by atoms with E-state index in [-0.39, 0.29) is 30.9 Å². The number of carbonyl (C=O) groups excluding carboxylic acids is 3. The Kier molecular flexibility index (Phi) is 4.21. The molecule has 1 unspecified atom stereocenters. The summed E-state index contributed by atoms with van der Waals surface area (Å²) in [4.78, 5) is 37.2. The lowest BCUT2D eigenvalue weighted by Crippen LogP contribution is -2.59. The van der Waals surface area contributed by atoms with Gasteiger partial charge in [0.05, 0.1) is 6.54 Å². The summed E-state index contributed by atoms with van der Waals surface area (Å²) in [6.45, 7) is 0.588. The maximum atomic E-state index is 13.6. The molecule has 0 radical (unpaired) electrons. The van der Waals surface area contributed by atoms with Crippen molar-refractivity contribution in [1.82, 2.24) is 15.5 Å². The van der Waals surface area contributed by atoms with Gasteiger partial charge in [0.15, 0.2) is 0 Å². The first-order valence-corrected chi connectivity index (χ1v) is 7.75. The molecule has 1 aromatic carbocycles. The molecule has 2 N–H and O–H groups in total. The number of rotatable bonds is 3. The fourth-order valence-corrected chi connectivity index (χ4v) is 3.21. The van der Waals surface area contributed by atoms with Crippen LogP contribution in [0.2, 0.25) is 0 Å². The highest BCUT2D eigenvalue weighted by atomic mass is 19.1. The molecule has 0 saturated carbocycles. The first-order chi connectivity index (χ1) is 11.4. The Balaban J connectivity index is 1.63. The lowest BCUT2D eigenvalue weighted by atomic mass is 9.89. The highest BCUT2D eigenvalue weighted by molar-refractivity contribution is 6.07. The van der Waals surface area contributed by atoms with E-state index >= 15 is 0 Å². The predicted octanol–water partition coefficient (Wildman–Crippen LogP) is 1.10. The van der Waals surface area contributed by atoms with Gasteiger partial charge in [0.1, 0.15) is 17.2 Å². The maximum absolute atomic E-state index is 13.6. The van der Waals surface area contributed by atoms with Gasteiger partial charge >= 0.3 is 6.03 Å². The molecule has 1 aromatic rings. The van der Waals surface area contributed by atoms with Gasteiger partial charge < -0.3 is 10.2 Å². The van der Waals surface area contributed by atoms with Gasteiger partial charge in [0.25, 0.3) is 5.91 Å². The third-order valence-corrected chi connectivity index (χ3v) is 4.48. The summed E-state index contributed by atoms with van der Waals surface area (Å²) in [5.74, 6) is -2.00. The molecule has 2 aliphatic heterocycles. The number of hydrogen-bond donors (Lipinski definition) is 2. The normalized spacial score (nSPS) is 23.3. The molecule has 6 nitrogen and oxygen atoms in total. The minimum Gasteiger partial charge on any atom is -0.340 e. The van der Waals surface area contributed by atoms with Crippen molar-refractivity contribution in [2.75, 3.05) is 13.1 Å². The van der Waals surface area contributed by atoms with Crippen LogP contribution in [0.25, 0.3) is 0 Å². The SMILES string of the molecule is O=C1NC(=O)C2(CCCN(C(=O)CCc3ccc(F)cc3F)C2)N1. The summed E-state index contributed by atoms with van der Waals surface area (Å²) >= 11 is 0. The number of benzene rings is 1. The van der Waals surface area contributed by atoms with E-state index in [9.17, 15) is 23.2 Å². The van der Waals surface area contributed by atoms with E-state index in [0.29, 0.717) is 19.4 Å². The largest absolute Gasteiger partial charge is 0.340 e. The van der Waals surface area contributed by atoms with E-state index in [1.807, 2.05) is 0 Å². The van der Waals surface area contributed by atoms with Gasteiger partial charge in [-0.15, -0.1) is 0 Å². The van der Waals surface area contributed by atoms with Crippen molar-refractivity contribution in [2.24, 2.45) is 0 Å². The molecule has 128 valence electrons. The first kappa shape index (κ1) is 16.4. The standard InChI is InChI=1S/C16H17F2N3O3/c17-11-4-2-10(12(18)8-11)3-5-13(22)21-7-1-6-16(9-21)14(23)19-15(24)20-16/h2,4,8H,1,3,5-7,9H2,(H2,19,20,23,24). The van der Waals surface area contributed by atoms with Gasteiger partial charge in [-0.25, -0.2) is 13.6 Å². The number of imide groups is 1. The van der Waals surface area contributed by atoms with Crippen molar-refractivity contribution in [3.05, 3.63) is 35.4 Å². The number of carbonyl (C=O) groups is 3. The van der Waals surface area contributed by atoms with Crippen molar-refractivity contribution in [2.45, 2.75) is 31.2 Å². The third-order valence-electron chi connectivity index (χ3n) is 4.48. The molecular weight excluding hydrogens is 320 g/mol. The topological polar surface area (TPSA) is 78.5 Å². The molecule has 3 rings (SSSR count). The lowest BCUT2D eigenvalue weighted by Gasteiger charge is -2.38. The first-order valence-electron chi connectivity index (χ1n) is 7.75. The number of piperidine rings is 1. The predicted molar refractivity (Wildman–Crippen MR) is 79.9 cm³/mol. The number of nitrogens with one attached hydrogen (secondary N) is 2. The van der Waals surface area contributed by atoms with Crippen LogP contribution < -0.4 is 10.6 Å². The molecular formula is C16H17F2N3O3. The molecule has 2 fully saturated rings. The van der Waals surface area contributed by atoms with Gasteiger partial charge in [-0.3, -0.25) is 14.9 Å². The number of hydrogen-bond acceptors (Lipinski definition) is 3. The highest BCUT2D eigenvalue weighted by Crippen LogP contribution is 2.25. The van der Waals surface area contributed by atoms with E-state index in [0.717, 1.165) is 12.1 Å². The Bertz CT molecular complexity index is 710. The Morgan fingerprint density at radius 2 is 2.08 bits per heavy atom. The molecule has 0 aromatic heterocycles. The van der Waals surface area contributed by atoms with E-state index in [1.165, 1.54) is 11.0 Å². The smallest absolute Gasteiger partial charge is 0.322 e. The maximum Gasteiger partial charge on any atom is 0.322 e. The average Bonchev–Trinajstić information content (AvgIpc) is 2.79. The average molecular weight is 337 g/mol. The number of nitrogens with zero attached hydrogens (tertiary/aromatic N) is 1. The molecule has 2 aliphatic rings. The van der Waals surface area contributed by atoms with Crippen molar-refractivity contribution >= 4 is 17.8 Å². The van der Waals surface area contributed by atoms with Crippen LogP contribution in [0.15, 0.2) is 18.2 Å². The van der Waals surface area contributed by atoms with Crippen LogP contribution in [0.4, 0.5) is 13.6 Å². The summed E-state index contributed by atoms with van der Waals surface area (Å²) < 4.78 is 26.5. The Morgan fingerprint density at radius 3 is 2.75 bits per heavy atom. The quantitative estimate of drug-likeness (QED) is 0.811.